The molecule has 2 rings (SSSR count). The quantitative estimate of drug-likeness (QED) is 0.712. The van der Waals surface area contributed by atoms with Gasteiger partial charge in [0, 0.05) is 5.56 Å². The van der Waals surface area contributed by atoms with Crippen molar-refractivity contribution in [2.24, 2.45) is 0 Å². The summed E-state index contributed by atoms with van der Waals surface area (Å²) in [6.07, 6.45) is 1.31. The van der Waals surface area contributed by atoms with Crippen molar-refractivity contribution in [3.63, 3.8) is 0 Å². The van der Waals surface area contributed by atoms with Gasteiger partial charge in [-0.25, -0.2) is 18.2 Å². The fraction of sp³-hybridized carbons (Fsp3) is 0. The number of nitrogen functional groups attached to an aromatic ring is 1. The van der Waals surface area contributed by atoms with Gasteiger partial charge in [-0.2, -0.15) is 0 Å². The summed E-state index contributed by atoms with van der Waals surface area (Å²) in [5.41, 5.74) is 5.77. The molecule has 0 aliphatic carbocycles. The van der Waals surface area contributed by atoms with E-state index in [-0.39, 0.29) is 11.5 Å². The summed E-state index contributed by atoms with van der Waals surface area (Å²) < 4.78 is 38.3. The van der Waals surface area contributed by atoms with Crippen molar-refractivity contribution < 1.29 is 13.2 Å². The van der Waals surface area contributed by atoms with E-state index in [4.69, 9.17) is 5.73 Å². The highest BCUT2D eigenvalue weighted by molar-refractivity contribution is 5.60. The number of halogens is 3. The predicted octanol–water partition coefficient (Wildman–Crippen LogP) is 2.08. The number of nitrogens with zero attached hydrogens (tertiary/aromatic N) is 1. The molecule has 0 aliphatic heterocycles. The summed E-state index contributed by atoms with van der Waals surface area (Å²) >= 11 is 0. The molecule has 3 N–H and O–H groups in total. The van der Waals surface area contributed by atoms with E-state index in [2.05, 4.69) is 9.97 Å². The molecule has 0 spiro atoms. The molecule has 1 aromatic heterocycles. The number of benzene rings is 1. The Kier molecular flexibility index (Phi) is 2.11. The maximum atomic E-state index is 12.9. The molecular weight excluding hydrogens is 207 g/mol. The van der Waals surface area contributed by atoms with Crippen LogP contribution in [0.25, 0.3) is 11.3 Å². The number of hydrogen-bond acceptors (Lipinski definition) is 2. The number of nitrogens with one attached hydrogen (secondary N) is 1. The van der Waals surface area contributed by atoms with E-state index in [0.717, 1.165) is 12.1 Å². The van der Waals surface area contributed by atoms with Crippen molar-refractivity contribution in [1.29, 1.82) is 0 Å². The number of rotatable bonds is 1. The average Bonchev–Trinajstić information content (AvgIpc) is 2.60. The zero-order valence-corrected chi connectivity index (χ0v) is 7.39. The molecule has 0 amide bonds. The van der Waals surface area contributed by atoms with Gasteiger partial charge in [0.2, 0.25) is 0 Å². The van der Waals surface area contributed by atoms with Crippen LogP contribution < -0.4 is 5.73 Å². The summed E-state index contributed by atoms with van der Waals surface area (Å²) in [6.45, 7) is 0. The average molecular weight is 213 g/mol. The third-order valence-corrected chi connectivity index (χ3v) is 1.89. The Morgan fingerprint density at radius 2 is 1.73 bits per heavy atom. The van der Waals surface area contributed by atoms with Crippen LogP contribution in [0.2, 0.25) is 0 Å². The van der Waals surface area contributed by atoms with Gasteiger partial charge in [0.15, 0.2) is 23.4 Å². The number of hydrogen-bond donors (Lipinski definition) is 2. The maximum absolute atomic E-state index is 12.9. The lowest BCUT2D eigenvalue weighted by molar-refractivity contribution is 0.447. The molecule has 0 saturated heterocycles. The van der Waals surface area contributed by atoms with Crippen LogP contribution >= 0.6 is 0 Å². The van der Waals surface area contributed by atoms with E-state index in [1.54, 1.807) is 0 Å². The van der Waals surface area contributed by atoms with Crippen LogP contribution in [0.15, 0.2) is 18.3 Å². The second kappa shape index (κ2) is 3.30. The van der Waals surface area contributed by atoms with E-state index in [1.165, 1.54) is 6.20 Å². The Morgan fingerprint density at radius 1 is 1.13 bits per heavy atom. The fourth-order valence-corrected chi connectivity index (χ4v) is 1.19. The fourth-order valence-electron chi connectivity index (χ4n) is 1.19. The summed E-state index contributed by atoms with van der Waals surface area (Å²) in [5.74, 6) is -3.88. The Balaban J connectivity index is 2.55. The predicted molar refractivity (Wildman–Crippen MR) is 48.3 cm³/mol. The monoisotopic (exact) mass is 213 g/mol. The summed E-state index contributed by atoms with van der Waals surface area (Å²) in [7, 11) is 0. The molecule has 78 valence electrons. The van der Waals surface area contributed by atoms with Gasteiger partial charge in [-0.1, -0.05) is 0 Å². The minimum absolute atomic E-state index is 0.121. The van der Waals surface area contributed by atoms with Crippen molar-refractivity contribution >= 4 is 5.95 Å². The Hall–Kier alpha value is -1.98. The number of aromatic amines is 1. The van der Waals surface area contributed by atoms with Gasteiger partial charge in [-0.15, -0.1) is 0 Å². The number of aromatic nitrogens is 2. The van der Waals surface area contributed by atoms with Gasteiger partial charge in [0.05, 0.1) is 11.9 Å². The number of imidazole rings is 1. The third-order valence-electron chi connectivity index (χ3n) is 1.89. The SMILES string of the molecule is Nc1ncc(-c2cc(F)c(F)c(F)c2)[nH]1. The van der Waals surface area contributed by atoms with Gasteiger partial charge in [0.25, 0.3) is 0 Å². The second-order valence-electron chi connectivity index (χ2n) is 2.94. The van der Waals surface area contributed by atoms with Crippen LogP contribution in [0.3, 0.4) is 0 Å². The minimum Gasteiger partial charge on any atom is -0.369 e. The van der Waals surface area contributed by atoms with Crippen molar-refractivity contribution in [2.75, 3.05) is 5.73 Å². The highest BCUT2D eigenvalue weighted by atomic mass is 19.2. The molecule has 0 atom stereocenters. The van der Waals surface area contributed by atoms with Gasteiger partial charge in [0.1, 0.15) is 0 Å². The van der Waals surface area contributed by atoms with E-state index >= 15 is 0 Å². The first-order chi connectivity index (χ1) is 7.08. The summed E-state index contributed by atoms with van der Waals surface area (Å²) in [5, 5.41) is 0. The smallest absolute Gasteiger partial charge is 0.197 e. The zero-order valence-electron chi connectivity index (χ0n) is 7.39. The number of anilines is 1. The molecule has 1 aromatic carbocycles. The van der Waals surface area contributed by atoms with Gasteiger partial charge in [-0.3, -0.25) is 0 Å². The lowest BCUT2D eigenvalue weighted by Gasteiger charge is -2.00. The molecular formula is C9H6F3N3. The number of nitrogens with two attached hydrogens (primary N) is 1. The molecule has 2 aromatic rings. The van der Waals surface area contributed by atoms with E-state index in [0.29, 0.717) is 5.69 Å². The molecule has 0 radical (unpaired) electrons. The third kappa shape index (κ3) is 1.65. The van der Waals surface area contributed by atoms with Gasteiger partial charge < -0.3 is 10.7 Å². The molecule has 0 bridgehead atoms. The molecule has 15 heavy (non-hydrogen) atoms. The van der Waals surface area contributed by atoms with E-state index in [9.17, 15) is 13.2 Å². The van der Waals surface area contributed by atoms with Crippen LogP contribution in [0.5, 0.6) is 0 Å². The first-order valence-electron chi connectivity index (χ1n) is 4.03. The van der Waals surface area contributed by atoms with Crippen molar-refractivity contribution in [3.8, 4) is 11.3 Å². The molecule has 6 heteroatoms. The van der Waals surface area contributed by atoms with Crippen molar-refractivity contribution in [3.05, 3.63) is 35.8 Å². The van der Waals surface area contributed by atoms with Crippen LogP contribution in [0, 0.1) is 17.5 Å². The van der Waals surface area contributed by atoms with Crippen molar-refractivity contribution in [1.82, 2.24) is 9.97 Å². The highest BCUT2D eigenvalue weighted by Gasteiger charge is 2.12. The molecule has 0 fully saturated rings. The molecule has 0 saturated carbocycles. The largest absolute Gasteiger partial charge is 0.369 e. The second-order valence-corrected chi connectivity index (χ2v) is 2.94. The lowest BCUT2D eigenvalue weighted by atomic mass is 10.1. The zero-order chi connectivity index (χ0) is 11.0. The Bertz CT molecular complexity index is 484. The molecule has 3 nitrogen and oxygen atoms in total. The maximum Gasteiger partial charge on any atom is 0.197 e. The van der Waals surface area contributed by atoms with Crippen LogP contribution in [-0.2, 0) is 0 Å². The lowest BCUT2D eigenvalue weighted by Crippen LogP contribution is -1.92. The van der Waals surface area contributed by atoms with Gasteiger partial charge in [-0.05, 0) is 12.1 Å². The van der Waals surface area contributed by atoms with E-state index < -0.39 is 17.5 Å². The molecule has 0 aliphatic rings. The summed E-state index contributed by atoms with van der Waals surface area (Å²) in [4.78, 5) is 6.24. The standard InChI is InChI=1S/C9H6F3N3/c10-5-1-4(2-6(11)8(5)12)7-3-14-9(13)15-7/h1-3H,(H3,13,14,15). The Morgan fingerprint density at radius 3 is 2.20 bits per heavy atom. The van der Waals surface area contributed by atoms with E-state index in [1.807, 2.05) is 0 Å². The topological polar surface area (TPSA) is 54.7 Å². The first kappa shape index (κ1) is 9.57. The molecule has 1 heterocycles. The highest BCUT2D eigenvalue weighted by Crippen LogP contribution is 2.22. The van der Waals surface area contributed by atoms with Gasteiger partial charge >= 0.3 is 0 Å². The summed E-state index contributed by atoms with van der Waals surface area (Å²) in [6, 6.07) is 1.73. The van der Waals surface area contributed by atoms with Crippen LogP contribution in [0.4, 0.5) is 19.1 Å². The van der Waals surface area contributed by atoms with Crippen LogP contribution in [0.1, 0.15) is 0 Å². The van der Waals surface area contributed by atoms with Crippen LogP contribution in [-0.4, -0.2) is 9.97 Å². The Labute approximate surface area is 82.8 Å². The minimum atomic E-state index is -1.49. The first-order valence-corrected chi connectivity index (χ1v) is 4.03. The normalized spacial score (nSPS) is 10.6. The number of H-pyrrole nitrogens is 1. The van der Waals surface area contributed by atoms with Crippen molar-refractivity contribution in [2.45, 2.75) is 0 Å². The molecule has 0 unspecified atom stereocenters.